The summed E-state index contributed by atoms with van der Waals surface area (Å²) < 4.78 is 0. The van der Waals surface area contributed by atoms with Crippen molar-refractivity contribution < 1.29 is 0 Å². The first-order valence-electron chi connectivity index (χ1n) is 7.55. The highest BCUT2D eigenvalue weighted by atomic mass is 15.1. The Balaban J connectivity index is 2.30. The zero-order valence-electron chi connectivity index (χ0n) is 13.0. The fourth-order valence-electron chi connectivity index (χ4n) is 2.81. The van der Waals surface area contributed by atoms with Crippen LogP contribution in [0.4, 0.5) is 0 Å². The van der Waals surface area contributed by atoms with Gasteiger partial charge in [0.25, 0.3) is 0 Å². The summed E-state index contributed by atoms with van der Waals surface area (Å²) in [7, 11) is 2.28. The Labute approximate surface area is 114 Å². The molecule has 0 unspecified atom stereocenters. The fourth-order valence-corrected chi connectivity index (χ4v) is 2.81. The molecule has 2 nitrogen and oxygen atoms in total. The van der Waals surface area contributed by atoms with Gasteiger partial charge in [-0.05, 0) is 44.6 Å². The van der Waals surface area contributed by atoms with Gasteiger partial charge in [0.05, 0.1) is 0 Å². The Morgan fingerprint density at radius 2 is 1.72 bits per heavy atom. The van der Waals surface area contributed by atoms with Crippen LogP contribution in [0.1, 0.15) is 53.4 Å². The number of hydrogen-bond donors (Lipinski definition) is 1. The van der Waals surface area contributed by atoms with E-state index in [-0.39, 0.29) is 0 Å². The van der Waals surface area contributed by atoms with E-state index in [2.05, 4.69) is 51.5 Å². The first-order valence-corrected chi connectivity index (χ1v) is 7.55. The Bertz CT molecular complexity index is 250. The lowest BCUT2D eigenvalue weighted by atomic mass is 9.89. The number of nitrogens with zero attached hydrogens (tertiary/aromatic N) is 1. The quantitative estimate of drug-likeness (QED) is 0.776. The predicted octanol–water partition coefficient (Wildman–Crippen LogP) is 3.64. The molecule has 0 aromatic heterocycles. The highest BCUT2D eigenvalue weighted by Crippen LogP contribution is 2.24. The lowest BCUT2D eigenvalue weighted by molar-refractivity contribution is 0.161. The van der Waals surface area contributed by atoms with Crippen molar-refractivity contribution in [3.63, 3.8) is 0 Å². The lowest BCUT2D eigenvalue weighted by Gasteiger charge is -2.36. The van der Waals surface area contributed by atoms with Crippen LogP contribution in [0.5, 0.6) is 0 Å². The first-order chi connectivity index (χ1) is 8.40. The van der Waals surface area contributed by atoms with Crippen molar-refractivity contribution in [3.05, 3.63) is 12.3 Å². The van der Waals surface area contributed by atoms with Crippen LogP contribution in [0.15, 0.2) is 12.3 Å². The summed E-state index contributed by atoms with van der Waals surface area (Å²) in [6.45, 7) is 14.4. The molecule has 0 amide bonds. The molecular weight excluding hydrogens is 220 g/mol. The van der Waals surface area contributed by atoms with E-state index in [0.717, 1.165) is 12.0 Å². The molecule has 1 saturated carbocycles. The molecule has 0 spiro atoms. The van der Waals surface area contributed by atoms with Gasteiger partial charge in [-0.1, -0.05) is 34.3 Å². The minimum atomic E-state index is 0.548. The van der Waals surface area contributed by atoms with Crippen molar-refractivity contribution in [2.24, 2.45) is 11.8 Å². The van der Waals surface area contributed by atoms with Crippen LogP contribution in [0, 0.1) is 11.8 Å². The van der Waals surface area contributed by atoms with Gasteiger partial charge in [-0.25, -0.2) is 0 Å². The maximum absolute atomic E-state index is 4.12. The third kappa shape index (κ3) is 5.01. The van der Waals surface area contributed by atoms with Gasteiger partial charge in [-0.2, -0.15) is 0 Å². The zero-order valence-corrected chi connectivity index (χ0v) is 13.0. The molecule has 1 rings (SSSR count). The summed E-state index contributed by atoms with van der Waals surface area (Å²) in [5.74, 6) is 1.32. The Kier molecular flexibility index (Phi) is 6.20. The normalized spacial score (nSPS) is 24.9. The molecule has 1 N–H and O–H groups in total. The topological polar surface area (TPSA) is 15.3 Å². The molecule has 0 atom stereocenters. The summed E-state index contributed by atoms with van der Waals surface area (Å²) in [6.07, 6.45) is 5.23. The molecule has 2 heteroatoms. The lowest BCUT2D eigenvalue weighted by Crippen LogP contribution is -2.42. The van der Waals surface area contributed by atoms with Crippen LogP contribution in [0.2, 0.25) is 0 Å². The summed E-state index contributed by atoms with van der Waals surface area (Å²) >= 11 is 0. The average Bonchev–Trinajstić information content (AvgIpc) is 2.28. The van der Waals surface area contributed by atoms with E-state index in [1.54, 1.807) is 0 Å². The fraction of sp³-hybridized carbons (Fsp3) is 0.875. The smallest absolute Gasteiger partial charge is 0.0259 e. The van der Waals surface area contributed by atoms with Crippen LogP contribution >= 0.6 is 0 Å². The molecule has 0 aromatic rings. The van der Waals surface area contributed by atoms with Gasteiger partial charge in [0, 0.05) is 24.3 Å². The second-order valence-corrected chi connectivity index (χ2v) is 6.66. The van der Waals surface area contributed by atoms with Crippen molar-refractivity contribution in [2.45, 2.75) is 65.5 Å². The van der Waals surface area contributed by atoms with E-state index in [0.29, 0.717) is 12.0 Å². The van der Waals surface area contributed by atoms with Gasteiger partial charge >= 0.3 is 0 Å². The molecule has 18 heavy (non-hydrogen) atoms. The highest BCUT2D eigenvalue weighted by molar-refractivity contribution is 4.98. The second kappa shape index (κ2) is 7.18. The standard InChI is InChI=1S/C16H32N2/c1-12(2)11-18(6)16-9-7-15(8-10-16)17-14(5)13(3)4/h12-13,15-17H,5,7-11H2,1-4,6H3. The minimum absolute atomic E-state index is 0.548. The van der Waals surface area contributed by atoms with Gasteiger partial charge in [0.1, 0.15) is 0 Å². The maximum atomic E-state index is 4.12. The summed E-state index contributed by atoms with van der Waals surface area (Å²) in [4.78, 5) is 2.55. The molecule has 0 radical (unpaired) electrons. The first kappa shape index (κ1) is 15.6. The third-order valence-electron chi connectivity index (χ3n) is 4.06. The van der Waals surface area contributed by atoms with Gasteiger partial charge in [-0.15, -0.1) is 0 Å². The number of allylic oxidation sites excluding steroid dienone is 1. The van der Waals surface area contributed by atoms with E-state index >= 15 is 0 Å². The Morgan fingerprint density at radius 3 is 2.17 bits per heavy atom. The van der Waals surface area contributed by atoms with Crippen LogP contribution in [-0.4, -0.2) is 30.6 Å². The SMILES string of the molecule is C=C(NC1CCC(N(C)CC(C)C)CC1)C(C)C. The van der Waals surface area contributed by atoms with Crippen molar-refractivity contribution in [1.29, 1.82) is 0 Å². The van der Waals surface area contributed by atoms with Gasteiger partial charge in [-0.3, -0.25) is 0 Å². The van der Waals surface area contributed by atoms with E-state index in [1.807, 2.05) is 0 Å². The minimum Gasteiger partial charge on any atom is -0.386 e. The molecule has 1 fully saturated rings. The zero-order chi connectivity index (χ0) is 13.7. The highest BCUT2D eigenvalue weighted by Gasteiger charge is 2.24. The van der Waals surface area contributed by atoms with Gasteiger partial charge in [0.15, 0.2) is 0 Å². The monoisotopic (exact) mass is 252 g/mol. The molecule has 0 heterocycles. The number of nitrogens with one attached hydrogen (secondary N) is 1. The van der Waals surface area contributed by atoms with E-state index in [4.69, 9.17) is 0 Å². The van der Waals surface area contributed by atoms with Crippen LogP contribution in [0.3, 0.4) is 0 Å². The molecule has 0 aliphatic heterocycles. The molecule has 1 aliphatic rings. The summed E-state index contributed by atoms with van der Waals surface area (Å²) in [6, 6.07) is 1.45. The second-order valence-electron chi connectivity index (χ2n) is 6.66. The van der Waals surface area contributed by atoms with Crippen LogP contribution in [0.25, 0.3) is 0 Å². The van der Waals surface area contributed by atoms with Crippen molar-refractivity contribution in [3.8, 4) is 0 Å². The van der Waals surface area contributed by atoms with Crippen LogP contribution < -0.4 is 5.32 Å². The van der Waals surface area contributed by atoms with E-state index < -0.39 is 0 Å². The molecule has 1 aliphatic carbocycles. The van der Waals surface area contributed by atoms with Gasteiger partial charge < -0.3 is 10.2 Å². The predicted molar refractivity (Wildman–Crippen MR) is 80.6 cm³/mol. The number of rotatable bonds is 6. The molecule has 106 valence electrons. The summed E-state index contributed by atoms with van der Waals surface area (Å²) in [5, 5.41) is 3.61. The molecule has 0 saturated heterocycles. The summed E-state index contributed by atoms with van der Waals surface area (Å²) in [5.41, 5.74) is 1.20. The molecule has 0 aromatic carbocycles. The molecular formula is C16H32N2. The number of hydrogen-bond acceptors (Lipinski definition) is 2. The van der Waals surface area contributed by atoms with Crippen LogP contribution in [-0.2, 0) is 0 Å². The van der Waals surface area contributed by atoms with Crippen molar-refractivity contribution in [2.75, 3.05) is 13.6 Å². The van der Waals surface area contributed by atoms with Gasteiger partial charge in [0.2, 0.25) is 0 Å². The largest absolute Gasteiger partial charge is 0.386 e. The third-order valence-corrected chi connectivity index (χ3v) is 4.06. The maximum Gasteiger partial charge on any atom is 0.0259 e. The molecule has 0 bridgehead atoms. The Morgan fingerprint density at radius 1 is 1.17 bits per heavy atom. The average molecular weight is 252 g/mol. The van der Waals surface area contributed by atoms with Crippen molar-refractivity contribution >= 4 is 0 Å². The Hall–Kier alpha value is -0.500. The van der Waals surface area contributed by atoms with E-state index in [1.165, 1.54) is 37.9 Å². The van der Waals surface area contributed by atoms with Crippen molar-refractivity contribution in [1.82, 2.24) is 10.2 Å². The van der Waals surface area contributed by atoms with E-state index in [9.17, 15) is 0 Å².